The molecule has 28 heavy (non-hydrogen) atoms. The normalized spacial score (nSPS) is 22.6. The number of esters is 1. The number of aromatic amines is 1. The minimum absolute atomic E-state index is 0.115. The molecule has 1 amide bonds. The van der Waals surface area contributed by atoms with E-state index in [-0.39, 0.29) is 11.3 Å². The van der Waals surface area contributed by atoms with Crippen molar-refractivity contribution < 1.29 is 14.3 Å². The van der Waals surface area contributed by atoms with E-state index in [1.807, 2.05) is 29.2 Å². The van der Waals surface area contributed by atoms with Gasteiger partial charge in [-0.2, -0.15) is 0 Å². The maximum atomic E-state index is 13.0. The number of amides is 1. The number of nitrogens with zero attached hydrogens (tertiary/aromatic N) is 2. The van der Waals surface area contributed by atoms with Gasteiger partial charge in [0.25, 0.3) is 5.91 Å². The Balaban J connectivity index is 1.47. The second-order valence-corrected chi connectivity index (χ2v) is 8.19. The molecule has 0 unspecified atom stereocenters. The van der Waals surface area contributed by atoms with E-state index in [0.717, 1.165) is 49.3 Å². The summed E-state index contributed by atoms with van der Waals surface area (Å²) in [5.41, 5.74) is 3.26. The highest BCUT2D eigenvalue weighted by Gasteiger charge is 2.41. The molecule has 1 N–H and O–H groups in total. The smallest absolute Gasteiger partial charge is 0.354 e. The minimum atomic E-state index is -0.394. The van der Waals surface area contributed by atoms with Gasteiger partial charge in [0.2, 0.25) is 0 Å². The molecule has 0 radical (unpaired) electrons. The van der Waals surface area contributed by atoms with Gasteiger partial charge in [-0.15, -0.1) is 0 Å². The molecule has 2 fully saturated rings. The Bertz CT molecular complexity index is 869. The second kappa shape index (κ2) is 7.43. The summed E-state index contributed by atoms with van der Waals surface area (Å²) in [5, 5.41) is 0. The predicted octanol–water partition coefficient (Wildman–Crippen LogP) is 3.03. The number of ether oxygens (including phenoxy) is 1. The van der Waals surface area contributed by atoms with Gasteiger partial charge in [0.1, 0.15) is 5.69 Å². The number of rotatable bonds is 3. The lowest BCUT2D eigenvalue weighted by atomic mass is 9.79. The summed E-state index contributed by atoms with van der Waals surface area (Å²) in [6.45, 7) is 3.91. The van der Waals surface area contributed by atoms with E-state index in [4.69, 9.17) is 4.74 Å². The molecule has 1 atom stereocenters. The third kappa shape index (κ3) is 3.56. The van der Waals surface area contributed by atoms with Gasteiger partial charge in [-0.25, -0.2) is 4.79 Å². The first-order chi connectivity index (χ1) is 13.5. The number of piperidine rings is 1. The number of H-pyrrole nitrogens is 1. The molecule has 0 aliphatic carbocycles. The molecule has 2 aliphatic rings. The quantitative estimate of drug-likeness (QED) is 0.830. The zero-order valence-electron chi connectivity index (χ0n) is 16.5. The molecule has 3 heterocycles. The number of nitrogens with one attached hydrogen (secondary N) is 1. The lowest BCUT2D eigenvalue weighted by Crippen LogP contribution is -2.47. The van der Waals surface area contributed by atoms with Gasteiger partial charge in [-0.05, 0) is 62.2 Å². The van der Waals surface area contributed by atoms with Crippen LogP contribution in [0.15, 0.2) is 36.5 Å². The number of carbonyl (C=O) groups is 2. The fourth-order valence-corrected chi connectivity index (χ4v) is 4.65. The number of hydrogen-bond donors (Lipinski definition) is 1. The van der Waals surface area contributed by atoms with Gasteiger partial charge >= 0.3 is 5.97 Å². The first kappa shape index (κ1) is 18.7. The standard InChI is InChI=1S/C22H27N3O3/c1-24-11-9-22(14-24)8-3-10-25(15-22)20(26)17-6-4-16(5-7-17)18-12-19(23-13-18)21(27)28-2/h4-7,12-13,23H,3,8-11,14-15H2,1-2H3/t22-/m0/s1. The number of hydrogen-bond acceptors (Lipinski definition) is 4. The lowest BCUT2D eigenvalue weighted by molar-refractivity contribution is 0.0534. The lowest BCUT2D eigenvalue weighted by Gasteiger charge is -2.40. The summed E-state index contributed by atoms with van der Waals surface area (Å²) >= 11 is 0. The van der Waals surface area contributed by atoms with E-state index in [9.17, 15) is 9.59 Å². The Morgan fingerprint density at radius 3 is 2.54 bits per heavy atom. The molecule has 0 saturated carbocycles. The van der Waals surface area contributed by atoms with E-state index in [0.29, 0.717) is 5.69 Å². The molecule has 1 aromatic carbocycles. The van der Waals surface area contributed by atoms with Crippen molar-refractivity contribution in [1.29, 1.82) is 0 Å². The SMILES string of the molecule is COC(=O)c1cc(-c2ccc(C(=O)N3CCC[C@@]4(CCN(C)C4)C3)cc2)c[nH]1. The first-order valence-corrected chi connectivity index (χ1v) is 9.85. The van der Waals surface area contributed by atoms with Crippen molar-refractivity contribution in [3.8, 4) is 11.1 Å². The monoisotopic (exact) mass is 381 g/mol. The van der Waals surface area contributed by atoms with Gasteiger partial charge in [0.15, 0.2) is 0 Å². The Morgan fingerprint density at radius 1 is 1.07 bits per heavy atom. The summed E-state index contributed by atoms with van der Waals surface area (Å²) in [7, 11) is 3.53. The topological polar surface area (TPSA) is 65.6 Å². The summed E-state index contributed by atoms with van der Waals surface area (Å²) in [4.78, 5) is 32.0. The van der Waals surface area contributed by atoms with Gasteiger partial charge in [0, 0.05) is 36.8 Å². The van der Waals surface area contributed by atoms with Crippen molar-refractivity contribution in [3.05, 3.63) is 47.8 Å². The van der Waals surface area contributed by atoms with E-state index in [1.165, 1.54) is 20.0 Å². The van der Waals surface area contributed by atoms with Crippen LogP contribution in [0.5, 0.6) is 0 Å². The van der Waals surface area contributed by atoms with Crippen LogP contribution in [-0.2, 0) is 4.74 Å². The summed E-state index contributed by atoms with van der Waals surface area (Å²) in [5.74, 6) is -0.279. The highest BCUT2D eigenvalue weighted by molar-refractivity contribution is 5.95. The molecule has 0 bridgehead atoms. The van der Waals surface area contributed by atoms with Crippen molar-refractivity contribution in [2.75, 3.05) is 40.3 Å². The summed E-state index contributed by atoms with van der Waals surface area (Å²) < 4.78 is 4.73. The summed E-state index contributed by atoms with van der Waals surface area (Å²) in [6.07, 6.45) is 5.25. The molecule has 2 aliphatic heterocycles. The Kier molecular flexibility index (Phi) is 4.98. The van der Waals surface area contributed by atoms with E-state index >= 15 is 0 Å². The van der Waals surface area contributed by atoms with Crippen LogP contribution in [0.2, 0.25) is 0 Å². The maximum absolute atomic E-state index is 13.0. The molecule has 2 aromatic rings. The maximum Gasteiger partial charge on any atom is 0.354 e. The fraction of sp³-hybridized carbons (Fsp3) is 0.455. The van der Waals surface area contributed by atoms with E-state index < -0.39 is 5.97 Å². The fourth-order valence-electron chi connectivity index (χ4n) is 4.65. The predicted molar refractivity (Wildman–Crippen MR) is 107 cm³/mol. The van der Waals surface area contributed by atoms with Crippen molar-refractivity contribution >= 4 is 11.9 Å². The molecule has 6 nitrogen and oxygen atoms in total. The Morgan fingerprint density at radius 2 is 1.86 bits per heavy atom. The van der Waals surface area contributed by atoms with Crippen molar-refractivity contribution in [2.24, 2.45) is 5.41 Å². The number of benzene rings is 1. The molecule has 148 valence electrons. The number of aromatic nitrogens is 1. The molecule has 6 heteroatoms. The van der Waals surface area contributed by atoms with Crippen molar-refractivity contribution in [3.63, 3.8) is 0 Å². The van der Waals surface area contributed by atoms with Crippen molar-refractivity contribution in [1.82, 2.24) is 14.8 Å². The number of methoxy groups -OCH3 is 1. The molecule has 1 aromatic heterocycles. The minimum Gasteiger partial charge on any atom is -0.464 e. The van der Waals surface area contributed by atoms with Crippen LogP contribution < -0.4 is 0 Å². The van der Waals surface area contributed by atoms with Gasteiger partial charge in [0.05, 0.1) is 7.11 Å². The Hall–Kier alpha value is -2.60. The average Bonchev–Trinajstić information content (AvgIpc) is 3.34. The van der Waals surface area contributed by atoms with Gasteiger partial charge in [-0.3, -0.25) is 4.79 Å². The van der Waals surface area contributed by atoms with E-state index in [2.05, 4.69) is 16.9 Å². The zero-order chi connectivity index (χ0) is 19.7. The molecular weight excluding hydrogens is 354 g/mol. The molecular formula is C22H27N3O3. The van der Waals surface area contributed by atoms with Crippen molar-refractivity contribution in [2.45, 2.75) is 19.3 Å². The summed E-state index contributed by atoms with van der Waals surface area (Å²) in [6, 6.07) is 9.38. The highest BCUT2D eigenvalue weighted by Crippen LogP contribution is 2.38. The van der Waals surface area contributed by atoms with Crippen LogP contribution in [-0.4, -0.2) is 67.0 Å². The third-order valence-corrected chi connectivity index (χ3v) is 6.13. The van der Waals surface area contributed by atoms with Crippen LogP contribution in [0.3, 0.4) is 0 Å². The largest absolute Gasteiger partial charge is 0.464 e. The molecule has 2 saturated heterocycles. The zero-order valence-corrected chi connectivity index (χ0v) is 16.5. The van der Waals surface area contributed by atoms with Crippen LogP contribution in [0.4, 0.5) is 0 Å². The van der Waals surface area contributed by atoms with Gasteiger partial charge in [-0.1, -0.05) is 12.1 Å². The molecule has 1 spiro atoms. The average molecular weight is 381 g/mol. The van der Waals surface area contributed by atoms with Crippen LogP contribution in [0, 0.1) is 5.41 Å². The third-order valence-electron chi connectivity index (χ3n) is 6.13. The first-order valence-electron chi connectivity index (χ1n) is 9.85. The Labute approximate surface area is 165 Å². The van der Waals surface area contributed by atoms with Crippen LogP contribution in [0.25, 0.3) is 11.1 Å². The van der Waals surface area contributed by atoms with Crippen LogP contribution in [0.1, 0.15) is 40.1 Å². The number of likely N-dealkylation sites (tertiary alicyclic amines) is 2. The van der Waals surface area contributed by atoms with Crippen LogP contribution >= 0.6 is 0 Å². The van der Waals surface area contributed by atoms with E-state index in [1.54, 1.807) is 12.3 Å². The second-order valence-electron chi connectivity index (χ2n) is 8.19. The van der Waals surface area contributed by atoms with Gasteiger partial charge < -0.3 is 19.5 Å². The number of carbonyl (C=O) groups excluding carboxylic acids is 2. The molecule has 4 rings (SSSR count). The highest BCUT2D eigenvalue weighted by atomic mass is 16.5.